The maximum atomic E-state index is 13.9. The average molecular weight is 481 g/mol. The van der Waals surface area contributed by atoms with Gasteiger partial charge in [0.15, 0.2) is 0 Å². The number of ether oxygens (including phenoxy) is 1. The van der Waals surface area contributed by atoms with Crippen molar-refractivity contribution in [3.8, 4) is 5.75 Å². The number of hydrogen-bond donors (Lipinski definition) is 0. The van der Waals surface area contributed by atoms with Gasteiger partial charge >= 0.3 is 0 Å². The van der Waals surface area contributed by atoms with E-state index >= 15 is 0 Å². The molecular weight excluding hydrogens is 459 g/mol. The number of rotatable bonds is 5. The van der Waals surface area contributed by atoms with Crippen LogP contribution in [0.4, 0.5) is 0 Å². The highest BCUT2D eigenvalue weighted by Crippen LogP contribution is 2.32. The molecular formula is C25H22Cl2N4O2. The lowest BCUT2D eigenvalue weighted by atomic mass is 10.0. The lowest BCUT2D eigenvalue weighted by Crippen LogP contribution is -2.36. The van der Waals surface area contributed by atoms with Gasteiger partial charge in [-0.15, -0.1) is 10.2 Å². The fraction of sp³-hybridized carbons (Fsp3) is 0.240. The van der Waals surface area contributed by atoms with E-state index in [4.69, 9.17) is 27.9 Å². The largest absolute Gasteiger partial charge is 0.496 e. The van der Waals surface area contributed by atoms with E-state index < -0.39 is 6.04 Å². The number of fused-ring (bicyclic) bond motifs is 2. The molecule has 1 unspecified atom stereocenters. The average Bonchev–Trinajstić information content (AvgIpc) is 3.26. The number of carbonyl (C=O) groups is 1. The normalized spacial score (nSPS) is 16.0. The number of amides is 1. The minimum atomic E-state index is -0.476. The van der Waals surface area contributed by atoms with Gasteiger partial charge in [0, 0.05) is 31.5 Å². The van der Waals surface area contributed by atoms with Crippen molar-refractivity contribution in [2.45, 2.75) is 25.4 Å². The second kappa shape index (κ2) is 9.04. The molecule has 0 spiro atoms. The van der Waals surface area contributed by atoms with Crippen LogP contribution in [0.3, 0.4) is 0 Å². The first-order valence-electron chi connectivity index (χ1n) is 10.7. The third kappa shape index (κ3) is 4.16. The van der Waals surface area contributed by atoms with Crippen LogP contribution in [0.25, 0.3) is 10.8 Å². The molecule has 0 aliphatic carbocycles. The van der Waals surface area contributed by atoms with E-state index in [9.17, 15) is 4.79 Å². The minimum Gasteiger partial charge on any atom is -0.496 e. The Kier molecular flexibility index (Phi) is 5.96. The van der Waals surface area contributed by atoms with Gasteiger partial charge in [-0.3, -0.25) is 4.79 Å². The summed E-state index contributed by atoms with van der Waals surface area (Å²) in [7, 11) is 1.66. The fourth-order valence-corrected chi connectivity index (χ4v) is 4.80. The molecule has 5 rings (SSSR count). The Morgan fingerprint density at radius 1 is 1.09 bits per heavy atom. The Morgan fingerprint density at radius 2 is 1.94 bits per heavy atom. The summed E-state index contributed by atoms with van der Waals surface area (Å²) in [5.41, 5.74) is 1.92. The van der Waals surface area contributed by atoms with E-state index in [0.29, 0.717) is 36.0 Å². The molecule has 1 amide bonds. The zero-order valence-corrected chi connectivity index (χ0v) is 19.6. The maximum Gasteiger partial charge on any atom is 0.246 e. The molecule has 1 aromatic heterocycles. The number of aromatic nitrogens is 3. The lowest BCUT2D eigenvalue weighted by Gasteiger charge is -2.26. The molecule has 4 aromatic rings. The van der Waals surface area contributed by atoms with E-state index in [1.807, 2.05) is 45.9 Å². The van der Waals surface area contributed by atoms with Gasteiger partial charge in [-0.25, -0.2) is 0 Å². The summed E-state index contributed by atoms with van der Waals surface area (Å²) < 4.78 is 7.54. The molecule has 0 saturated carbocycles. The van der Waals surface area contributed by atoms with Crippen LogP contribution in [-0.2, 0) is 24.2 Å². The van der Waals surface area contributed by atoms with Crippen molar-refractivity contribution in [1.29, 1.82) is 0 Å². The molecule has 8 heteroatoms. The fourth-order valence-electron chi connectivity index (χ4n) is 4.47. The molecule has 0 N–H and O–H groups in total. The Balaban J connectivity index is 1.51. The highest BCUT2D eigenvalue weighted by atomic mass is 35.5. The van der Waals surface area contributed by atoms with Crippen molar-refractivity contribution in [3.05, 3.63) is 87.9 Å². The highest BCUT2D eigenvalue weighted by Gasteiger charge is 2.32. The molecule has 1 aliphatic rings. The molecule has 3 aromatic carbocycles. The molecule has 1 aliphatic heterocycles. The van der Waals surface area contributed by atoms with Gasteiger partial charge in [-0.05, 0) is 34.5 Å². The second-order valence-electron chi connectivity index (χ2n) is 8.10. The van der Waals surface area contributed by atoms with Crippen molar-refractivity contribution in [1.82, 2.24) is 19.7 Å². The predicted molar refractivity (Wildman–Crippen MR) is 129 cm³/mol. The van der Waals surface area contributed by atoms with Gasteiger partial charge in [0.2, 0.25) is 5.91 Å². The Morgan fingerprint density at radius 3 is 2.76 bits per heavy atom. The Labute approximate surface area is 201 Å². The van der Waals surface area contributed by atoms with Crippen molar-refractivity contribution in [3.63, 3.8) is 0 Å². The molecule has 0 bridgehead atoms. The summed E-state index contributed by atoms with van der Waals surface area (Å²) in [6.07, 6.45) is 2.72. The SMILES string of the molecule is COc1ccc2ccccc2c1CN1CCc2nncn2C(Cc2ccc(Cl)c(Cl)c2)C1=O. The number of benzene rings is 3. The van der Waals surface area contributed by atoms with E-state index in [1.165, 1.54) is 0 Å². The van der Waals surface area contributed by atoms with Crippen molar-refractivity contribution in [2.75, 3.05) is 13.7 Å². The van der Waals surface area contributed by atoms with Crippen LogP contribution in [0.15, 0.2) is 60.9 Å². The van der Waals surface area contributed by atoms with Crippen molar-refractivity contribution >= 4 is 39.9 Å². The topological polar surface area (TPSA) is 60.2 Å². The number of carbonyl (C=O) groups excluding carboxylic acids is 1. The van der Waals surface area contributed by atoms with Gasteiger partial charge in [0.05, 0.1) is 17.2 Å². The van der Waals surface area contributed by atoms with E-state index in [-0.39, 0.29) is 5.91 Å². The van der Waals surface area contributed by atoms with Gasteiger partial charge in [-0.1, -0.05) is 59.6 Å². The number of methoxy groups -OCH3 is 1. The highest BCUT2D eigenvalue weighted by molar-refractivity contribution is 6.42. The lowest BCUT2D eigenvalue weighted by molar-refractivity contribution is -0.134. The van der Waals surface area contributed by atoms with Crippen LogP contribution in [-0.4, -0.2) is 39.2 Å². The van der Waals surface area contributed by atoms with Crippen LogP contribution < -0.4 is 4.74 Å². The summed E-state index contributed by atoms with van der Waals surface area (Å²) in [6.45, 7) is 0.987. The standard InChI is InChI=1S/C25H22Cl2N4O2/c1-33-23-9-7-17-4-2-3-5-18(17)19(23)14-30-11-10-24-29-28-15-31(24)22(25(30)32)13-16-6-8-20(26)21(27)12-16/h2-9,12,15,22H,10-11,13-14H2,1H3. The van der Waals surface area contributed by atoms with Gasteiger partial charge in [0.25, 0.3) is 0 Å². The summed E-state index contributed by atoms with van der Waals surface area (Å²) in [6, 6.07) is 17.1. The summed E-state index contributed by atoms with van der Waals surface area (Å²) in [5.74, 6) is 1.57. The molecule has 1 atom stereocenters. The zero-order valence-electron chi connectivity index (χ0n) is 18.0. The quantitative estimate of drug-likeness (QED) is 0.397. The number of halogens is 2. The second-order valence-corrected chi connectivity index (χ2v) is 8.91. The van der Waals surface area contributed by atoms with Crippen LogP contribution >= 0.6 is 23.2 Å². The molecule has 6 nitrogen and oxygen atoms in total. The molecule has 0 fully saturated rings. The molecule has 0 radical (unpaired) electrons. The molecule has 168 valence electrons. The summed E-state index contributed by atoms with van der Waals surface area (Å²) >= 11 is 12.3. The van der Waals surface area contributed by atoms with E-state index in [0.717, 1.165) is 33.5 Å². The van der Waals surface area contributed by atoms with Gasteiger partial charge in [-0.2, -0.15) is 0 Å². The number of nitrogens with zero attached hydrogens (tertiary/aromatic N) is 4. The summed E-state index contributed by atoms with van der Waals surface area (Å²) in [4.78, 5) is 15.7. The number of hydrogen-bond acceptors (Lipinski definition) is 4. The molecule has 2 heterocycles. The Bertz CT molecular complexity index is 1340. The Hall–Kier alpha value is -3.09. The van der Waals surface area contributed by atoms with Crippen molar-refractivity contribution in [2.24, 2.45) is 0 Å². The van der Waals surface area contributed by atoms with Crippen LogP contribution in [0.5, 0.6) is 5.75 Å². The monoisotopic (exact) mass is 480 g/mol. The van der Waals surface area contributed by atoms with E-state index in [1.54, 1.807) is 19.5 Å². The van der Waals surface area contributed by atoms with Crippen molar-refractivity contribution < 1.29 is 9.53 Å². The van der Waals surface area contributed by atoms with Gasteiger partial charge in [0.1, 0.15) is 23.9 Å². The third-order valence-electron chi connectivity index (χ3n) is 6.16. The minimum absolute atomic E-state index is 0.00890. The molecule has 0 saturated heterocycles. The predicted octanol–water partition coefficient (Wildman–Crippen LogP) is 5.12. The van der Waals surface area contributed by atoms with E-state index in [2.05, 4.69) is 22.3 Å². The van der Waals surface area contributed by atoms with Crippen LogP contribution in [0, 0.1) is 0 Å². The first-order valence-corrected chi connectivity index (χ1v) is 11.5. The van der Waals surface area contributed by atoms with Crippen LogP contribution in [0.1, 0.15) is 23.0 Å². The van der Waals surface area contributed by atoms with Crippen LogP contribution in [0.2, 0.25) is 10.0 Å². The smallest absolute Gasteiger partial charge is 0.246 e. The summed E-state index contributed by atoms with van der Waals surface area (Å²) in [5, 5.41) is 11.5. The zero-order chi connectivity index (χ0) is 22.9. The first kappa shape index (κ1) is 21.7. The third-order valence-corrected chi connectivity index (χ3v) is 6.90. The molecule has 33 heavy (non-hydrogen) atoms. The first-order chi connectivity index (χ1) is 16.0. The van der Waals surface area contributed by atoms with Gasteiger partial charge < -0.3 is 14.2 Å². The maximum absolute atomic E-state index is 13.9.